The Balaban J connectivity index is 2.34. The maximum atomic E-state index is 13.5. The Hall–Kier alpha value is -2.18. The van der Waals surface area contributed by atoms with Crippen molar-refractivity contribution in [3.05, 3.63) is 58.1 Å². The van der Waals surface area contributed by atoms with E-state index in [0.29, 0.717) is 40.6 Å². The Morgan fingerprint density at radius 2 is 1.40 bits per heavy atom. The van der Waals surface area contributed by atoms with E-state index in [2.05, 4.69) is 5.32 Å². The SMILES string of the molecule is Cc1cc(C)cc(NC(=O)CN(CCC(C)C)S(=O)(=O)c2c(C)cc(C)cc2C)c1. The minimum atomic E-state index is -3.81. The molecule has 1 amide bonds. The lowest BCUT2D eigenvalue weighted by Gasteiger charge is -2.25. The second kappa shape index (κ2) is 9.75. The molecule has 0 fully saturated rings. The number of carbonyl (C=O) groups excluding carboxylic acids is 1. The summed E-state index contributed by atoms with van der Waals surface area (Å²) >= 11 is 0. The summed E-state index contributed by atoms with van der Waals surface area (Å²) in [5, 5.41) is 2.86. The molecule has 30 heavy (non-hydrogen) atoms. The molecule has 0 spiro atoms. The Kier molecular flexibility index (Phi) is 7.83. The van der Waals surface area contributed by atoms with Gasteiger partial charge in [-0.2, -0.15) is 4.31 Å². The van der Waals surface area contributed by atoms with Crippen LogP contribution in [0.25, 0.3) is 0 Å². The number of carbonyl (C=O) groups is 1. The minimum absolute atomic E-state index is 0.213. The zero-order valence-corrected chi connectivity index (χ0v) is 20.0. The lowest BCUT2D eigenvalue weighted by Crippen LogP contribution is -2.39. The van der Waals surface area contributed by atoms with Crippen LogP contribution < -0.4 is 5.32 Å². The van der Waals surface area contributed by atoms with Crippen molar-refractivity contribution in [2.45, 2.75) is 59.8 Å². The predicted octanol–water partition coefficient (Wildman–Crippen LogP) is 4.90. The van der Waals surface area contributed by atoms with Crippen LogP contribution in [-0.4, -0.2) is 31.7 Å². The Morgan fingerprint density at radius 1 is 0.900 bits per heavy atom. The smallest absolute Gasteiger partial charge is 0.244 e. The van der Waals surface area contributed by atoms with Crippen LogP contribution in [0, 0.1) is 40.5 Å². The standard InChI is InChI=1S/C24H34N2O3S/c1-16(2)8-9-26(15-23(27)25-22-13-17(3)10-18(4)14-22)30(28,29)24-20(6)11-19(5)12-21(24)7/h10-14,16H,8-9,15H2,1-7H3,(H,25,27). The third-order valence-corrected chi connectivity index (χ3v) is 7.14. The molecule has 0 heterocycles. The summed E-state index contributed by atoms with van der Waals surface area (Å²) in [7, 11) is -3.81. The van der Waals surface area contributed by atoms with E-state index in [1.54, 1.807) is 0 Å². The molecule has 2 aromatic rings. The predicted molar refractivity (Wildman–Crippen MR) is 123 cm³/mol. The van der Waals surface area contributed by atoms with E-state index in [9.17, 15) is 13.2 Å². The first-order valence-corrected chi connectivity index (χ1v) is 11.8. The van der Waals surface area contributed by atoms with Crippen molar-refractivity contribution in [1.82, 2.24) is 4.31 Å². The normalized spacial score (nSPS) is 11.9. The summed E-state index contributed by atoms with van der Waals surface area (Å²) < 4.78 is 28.4. The van der Waals surface area contributed by atoms with Gasteiger partial charge in [0.25, 0.3) is 0 Å². The van der Waals surface area contributed by atoms with Gasteiger partial charge in [-0.05, 0) is 81.3 Å². The number of benzene rings is 2. The number of nitrogens with one attached hydrogen (secondary N) is 1. The third kappa shape index (κ3) is 6.16. The second-order valence-corrected chi connectivity index (χ2v) is 10.5. The van der Waals surface area contributed by atoms with Crippen LogP contribution in [0.15, 0.2) is 35.2 Å². The lowest BCUT2D eigenvalue weighted by atomic mass is 10.1. The molecule has 0 aliphatic heterocycles. The molecule has 0 radical (unpaired) electrons. The van der Waals surface area contributed by atoms with E-state index in [4.69, 9.17) is 0 Å². The lowest BCUT2D eigenvalue weighted by molar-refractivity contribution is -0.116. The average Bonchev–Trinajstić information content (AvgIpc) is 2.55. The van der Waals surface area contributed by atoms with Crippen LogP contribution in [0.1, 0.15) is 48.1 Å². The van der Waals surface area contributed by atoms with Gasteiger partial charge in [0, 0.05) is 12.2 Å². The molecule has 2 aromatic carbocycles. The summed E-state index contributed by atoms with van der Waals surface area (Å²) in [6.45, 7) is 13.7. The monoisotopic (exact) mass is 430 g/mol. The maximum Gasteiger partial charge on any atom is 0.244 e. The Bertz CT molecular complexity index is 983. The molecule has 0 aliphatic carbocycles. The second-order valence-electron chi connectivity index (χ2n) is 8.67. The van der Waals surface area contributed by atoms with E-state index in [1.165, 1.54) is 4.31 Å². The molecule has 164 valence electrons. The van der Waals surface area contributed by atoms with E-state index in [-0.39, 0.29) is 12.5 Å². The van der Waals surface area contributed by atoms with E-state index >= 15 is 0 Å². The topological polar surface area (TPSA) is 66.5 Å². The van der Waals surface area contributed by atoms with Gasteiger partial charge < -0.3 is 5.32 Å². The molecule has 0 aromatic heterocycles. The number of nitrogens with zero attached hydrogens (tertiary/aromatic N) is 1. The summed E-state index contributed by atoms with van der Waals surface area (Å²) in [6.07, 6.45) is 0.681. The molecule has 0 saturated heterocycles. The molecule has 0 unspecified atom stereocenters. The number of anilines is 1. The highest BCUT2D eigenvalue weighted by molar-refractivity contribution is 7.89. The Labute approximate surface area is 181 Å². The quantitative estimate of drug-likeness (QED) is 0.647. The Morgan fingerprint density at radius 3 is 1.90 bits per heavy atom. The van der Waals surface area contributed by atoms with Crippen LogP contribution in [0.4, 0.5) is 5.69 Å². The molecular weight excluding hydrogens is 396 g/mol. The van der Waals surface area contributed by atoms with Crippen LogP contribution >= 0.6 is 0 Å². The first-order chi connectivity index (χ1) is 13.9. The van der Waals surface area contributed by atoms with Crippen LogP contribution in [0.2, 0.25) is 0 Å². The van der Waals surface area contributed by atoms with Gasteiger partial charge in [-0.3, -0.25) is 4.79 Å². The zero-order valence-electron chi connectivity index (χ0n) is 19.2. The van der Waals surface area contributed by atoms with Gasteiger partial charge in [0.1, 0.15) is 0 Å². The maximum absolute atomic E-state index is 13.5. The number of rotatable bonds is 8. The van der Waals surface area contributed by atoms with Gasteiger partial charge in [-0.1, -0.05) is 37.6 Å². The molecule has 6 heteroatoms. The number of hydrogen-bond acceptors (Lipinski definition) is 3. The van der Waals surface area contributed by atoms with E-state index < -0.39 is 10.0 Å². The van der Waals surface area contributed by atoms with Gasteiger partial charge in [-0.15, -0.1) is 0 Å². The molecule has 2 rings (SSSR count). The van der Waals surface area contributed by atoms with Crippen LogP contribution in [0.3, 0.4) is 0 Å². The molecule has 5 nitrogen and oxygen atoms in total. The number of sulfonamides is 1. The van der Waals surface area contributed by atoms with Gasteiger partial charge in [-0.25, -0.2) is 8.42 Å². The molecule has 0 atom stereocenters. The van der Waals surface area contributed by atoms with E-state index in [0.717, 1.165) is 16.7 Å². The van der Waals surface area contributed by atoms with Crippen molar-refractivity contribution in [2.75, 3.05) is 18.4 Å². The van der Waals surface area contributed by atoms with Crippen molar-refractivity contribution in [3.63, 3.8) is 0 Å². The molecular formula is C24H34N2O3S. The summed E-state index contributed by atoms with van der Waals surface area (Å²) in [4.78, 5) is 13.1. The number of hydrogen-bond donors (Lipinski definition) is 1. The van der Waals surface area contributed by atoms with Gasteiger partial charge >= 0.3 is 0 Å². The highest BCUT2D eigenvalue weighted by Crippen LogP contribution is 2.26. The van der Waals surface area contributed by atoms with Crippen molar-refractivity contribution in [1.29, 1.82) is 0 Å². The minimum Gasteiger partial charge on any atom is -0.325 e. The van der Waals surface area contributed by atoms with Crippen molar-refractivity contribution in [2.24, 2.45) is 5.92 Å². The molecule has 0 saturated carbocycles. The highest BCUT2D eigenvalue weighted by Gasteiger charge is 2.29. The van der Waals surface area contributed by atoms with Crippen molar-refractivity contribution >= 4 is 21.6 Å². The summed E-state index contributed by atoms with van der Waals surface area (Å²) in [6, 6.07) is 9.53. The summed E-state index contributed by atoms with van der Waals surface area (Å²) in [5.74, 6) is -0.0138. The first kappa shape index (κ1) is 24.1. The highest BCUT2D eigenvalue weighted by atomic mass is 32.2. The van der Waals surface area contributed by atoms with Crippen LogP contribution in [-0.2, 0) is 14.8 Å². The fraction of sp³-hybridized carbons (Fsp3) is 0.458. The van der Waals surface area contributed by atoms with Gasteiger partial charge in [0.15, 0.2) is 0 Å². The summed E-state index contributed by atoms with van der Waals surface area (Å²) in [5.41, 5.74) is 5.20. The van der Waals surface area contributed by atoms with Crippen molar-refractivity contribution in [3.8, 4) is 0 Å². The van der Waals surface area contributed by atoms with Gasteiger partial charge in [0.05, 0.1) is 11.4 Å². The molecule has 0 bridgehead atoms. The number of amides is 1. The molecule has 1 N–H and O–H groups in total. The largest absolute Gasteiger partial charge is 0.325 e. The fourth-order valence-corrected chi connectivity index (χ4v) is 5.62. The first-order valence-electron chi connectivity index (χ1n) is 10.4. The van der Waals surface area contributed by atoms with Gasteiger partial charge in [0.2, 0.25) is 15.9 Å². The zero-order chi connectivity index (χ0) is 22.6. The number of aryl methyl sites for hydroxylation is 5. The van der Waals surface area contributed by atoms with Crippen LogP contribution in [0.5, 0.6) is 0 Å². The van der Waals surface area contributed by atoms with Crippen molar-refractivity contribution < 1.29 is 13.2 Å². The van der Waals surface area contributed by atoms with E-state index in [1.807, 2.05) is 78.8 Å². The third-order valence-electron chi connectivity index (χ3n) is 4.98. The fourth-order valence-electron chi connectivity index (χ4n) is 3.80. The average molecular weight is 431 g/mol. The molecule has 0 aliphatic rings.